The van der Waals surface area contributed by atoms with Crippen LogP contribution in [0.15, 0.2) is 24.3 Å². The minimum absolute atomic E-state index is 0.0436. The van der Waals surface area contributed by atoms with E-state index in [0.717, 1.165) is 11.1 Å². The van der Waals surface area contributed by atoms with Gasteiger partial charge in [-0.1, -0.05) is 17.7 Å². The zero-order valence-corrected chi connectivity index (χ0v) is 14.8. The predicted molar refractivity (Wildman–Crippen MR) is 90.9 cm³/mol. The van der Waals surface area contributed by atoms with Crippen LogP contribution in [-0.4, -0.2) is 85.5 Å². The van der Waals surface area contributed by atoms with E-state index >= 15 is 0 Å². The van der Waals surface area contributed by atoms with Gasteiger partial charge in [0, 0.05) is 26.2 Å². The van der Waals surface area contributed by atoms with Gasteiger partial charge in [-0.25, -0.2) is 0 Å². The first-order valence-electron chi connectivity index (χ1n) is 8.23. The van der Waals surface area contributed by atoms with Gasteiger partial charge < -0.3 is 14.5 Å². The number of nitrogens with zero attached hydrogens (tertiary/aromatic N) is 3. The highest BCUT2D eigenvalue weighted by Gasteiger charge is 2.51. The second-order valence-electron chi connectivity index (χ2n) is 7.19. The number of amides is 2. The molecule has 1 spiro atoms. The Morgan fingerprint density at radius 1 is 1.25 bits per heavy atom. The lowest BCUT2D eigenvalue weighted by Crippen LogP contribution is -2.73. The normalized spacial score (nSPS) is 23.0. The van der Waals surface area contributed by atoms with Crippen LogP contribution in [0.5, 0.6) is 0 Å². The zero-order chi connectivity index (χ0) is 17.5. The van der Waals surface area contributed by atoms with Crippen LogP contribution in [0.2, 0.25) is 0 Å². The van der Waals surface area contributed by atoms with Crippen molar-refractivity contribution in [1.82, 2.24) is 14.7 Å². The van der Waals surface area contributed by atoms with Crippen LogP contribution >= 0.6 is 0 Å². The van der Waals surface area contributed by atoms with Gasteiger partial charge in [-0.05, 0) is 26.1 Å². The zero-order valence-electron chi connectivity index (χ0n) is 14.8. The first kappa shape index (κ1) is 16.9. The Labute approximate surface area is 143 Å². The molecule has 2 amide bonds. The van der Waals surface area contributed by atoms with Crippen molar-refractivity contribution < 1.29 is 14.3 Å². The molecule has 0 unspecified atom stereocenters. The van der Waals surface area contributed by atoms with Gasteiger partial charge in [-0.3, -0.25) is 14.5 Å². The van der Waals surface area contributed by atoms with E-state index in [4.69, 9.17) is 4.74 Å². The summed E-state index contributed by atoms with van der Waals surface area (Å²) in [4.78, 5) is 30.2. The molecule has 2 aliphatic rings. The fourth-order valence-electron chi connectivity index (χ4n) is 3.50. The highest BCUT2D eigenvalue weighted by molar-refractivity contribution is 5.95. The summed E-state index contributed by atoms with van der Waals surface area (Å²) in [5.74, 6) is 0.0986. The lowest BCUT2D eigenvalue weighted by molar-refractivity contribution is -0.190. The largest absolute Gasteiger partial charge is 0.368 e. The minimum atomic E-state index is -0.336. The van der Waals surface area contributed by atoms with E-state index in [2.05, 4.69) is 0 Å². The van der Waals surface area contributed by atoms with Gasteiger partial charge in [0.1, 0.15) is 11.6 Å². The number of rotatable bonds is 2. The Morgan fingerprint density at radius 2 is 1.96 bits per heavy atom. The molecule has 130 valence electrons. The molecule has 3 rings (SSSR count). The molecule has 2 heterocycles. The fourth-order valence-corrected chi connectivity index (χ4v) is 3.50. The van der Waals surface area contributed by atoms with E-state index in [1.54, 1.807) is 19.0 Å². The first-order valence-corrected chi connectivity index (χ1v) is 8.23. The summed E-state index contributed by atoms with van der Waals surface area (Å²) in [6.07, 6.45) is 0. The van der Waals surface area contributed by atoms with Crippen molar-refractivity contribution in [3.63, 3.8) is 0 Å². The quantitative estimate of drug-likeness (QED) is 0.797. The van der Waals surface area contributed by atoms with Crippen molar-refractivity contribution >= 4 is 11.8 Å². The maximum atomic E-state index is 12.5. The third kappa shape index (κ3) is 3.03. The summed E-state index contributed by atoms with van der Waals surface area (Å²) in [5, 5.41) is 0. The Bertz CT molecular complexity index is 653. The van der Waals surface area contributed by atoms with Crippen molar-refractivity contribution in [3.05, 3.63) is 35.4 Å². The third-order valence-corrected chi connectivity index (χ3v) is 4.85. The third-order valence-electron chi connectivity index (χ3n) is 4.85. The highest BCUT2D eigenvalue weighted by atomic mass is 16.5. The number of hydrogen-bond donors (Lipinski definition) is 0. The SMILES string of the molecule is Cc1cccc(C(=O)N2CC3(C2)CN(C)[C@H](C(=O)N(C)C)CO3)c1. The summed E-state index contributed by atoms with van der Waals surface area (Å²) in [6.45, 7) is 4.17. The molecule has 2 aliphatic heterocycles. The van der Waals surface area contributed by atoms with Gasteiger partial charge in [0.05, 0.1) is 19.7 Å². The van der Waals surface area contributed by atoms with Crippen LogP contribution < -0.4 is 0 Å². The molecule has 0 radical (unpaired) electrons. The van der Waals surface area contributed by atoms with Gasteiger partial charge in [-0.2, -0.15) is 0 Å². The molecule has 0 saturated carbocycles. The van der Waals surface area contributed by atoms with Gasteiger partial charge in [0.15, 0.2) is 0 Å². The first-order chi connectivity index (χ1) is 11.3. The lowest BCUT2D eigenvalue weighted by Gasteiger charge is -2.54. The molecule has 1 aromatic carbocycles. The van der Waals surface area contributed by atoms with Crippen molar-refractivity contribution in [1.29, 1.82) is 0 Å². The number of benzene rings is 1. The number of carbonyl (C=O) groups excluding carboxylic acids is 2. The van der Waals surface area contributed by atoms with Crippen LogP contribution in [-0.2, 0) is 9.53 Å². The number of aryl methyl sites for hydroxylation is 1. The van der Waals surface area contributed by atoms with Crippen LogP contribution in [0, 0.1) is 6.92 Å². The topological polar surface area (TPSA) is 53.1 Å². The molecule has 1 aromatic rings. The molecule has 6 nitrogen and oxygen atoms in total. The fraction of sp³-hybridized carbons (Fsp3) is 0.556. The second-order valence-corrected chi connectivity index (χ2v) is 7.19. The smallest absolute Gasteiger partial charge is 0.254 e. The molecular formula is C18H25N3O3. The van der Waals surface area contributed by atoms with Crippen molar-refractivity contribution in [3.8, 4) is 0 Å². The Morgan fingerprint density at radius 3 is 2.54 bits per heavy atom. The van der Waals surface area contributed by atoms with E-state index < -0.39 is 0 Å². The van der Waals surface area contributed by atoms with Crippen LogP contribution in [0.3, 0.4) is 0 Å². The number of likely N-dealkylation sites (N-methyl/N-ethyl adjacent to an activating group) is 2. The Kier molecular flexibility index (Phi) is 4.36. The Hall–Kier alpha value is -1.92. The molecule has 0 aliphatic carbocycles. The van der Waals surface area contributed by atoms with Crippen molar-refractivity contribution in [2.45, 2.75) is 18.6 Å². The molecule has 0 bridgehead atoms. The molecule has 2 saturated heterocycles. The van der Waals surface area contributed by atoms with Crippen LogP contribution in [0.4, 0.5) is 0 Å². The monoisotopic (exact) mass is 331 g/mol. The van der Waals surface area contributed by atoms with Gasteiger partial charge in [-0.15, -0.1) is 0 Å². The summed E-state index contributed by atoms with van der Waals surface area (Å²) < 4.78 is 6.01. The predicted octanol–water partition coefficient (Wildman–Crippen LogP) is 0.608. The Balaban J connectivity index is 1.60. The van der Waals surface area contributed by atoms with E-state index in [1.165, 1.54) is 0 Å². The minimum Gasteiger partial charge on any atom is -0.368 e. The van der Waals surface area contributed by atoms with E-state index in [1.807, 2.05) is 48.0 Å². The van der Waals surface area contributed by atoms with Crippen molar-refractivity contribution in [2.24, 2.45) is 0 Å². The summed E-state index contributed by atoms with van der Waals surface area (Å²) in [7, 11) is 5.46. The molecule has 6 heteroatoms. The maximum Gasteiger partial charge on any atom is 0.254 e. The summed E-state index contributed by atoms with van der Waals surface area (Å²) in [5.41, 5.74) is 1.46. The number of likely N-dealkylation sites (tertiary alicyclic amines) is 1. The highest BCUT2D eigenvalue weighted by Crippen LogP contribution is 2.31. The maximum absolute atomic E-state index is 12.5. The molecule has 2 fully saturated rings. The lowest BCUT2D eigenvalue weighted by atomic mass is 9.89. The van der Waals surface area contributed by atoms with Crippen LogP contribution in [0.1, 0.15) is 15.9 Å². The van der Waals surface area contributed by atoms with Gasteiger partial charge in [0.2, 0.25) is 5.91 Å². The average Bonchev–Trinajstić information content (AvgIpc) is 2.51. The van der Waals surface area contributed by atoms with E-state index in [9.17, 15) is 9.59 Å². The van der Waals surface area contributed by atoms with Crippen molar-refractivity contribution in [2.75, 3.05) is 47.4 Å². The number of carbonyl (C=O) groups is 2. The average molecular weight is 331 g/mol. The number of hydrogen-bond acceptors (Lipinski definition) is 4. The standard InChI is InChI=1S/C18H25N3O3/c1-13-6-5-7-14(8-13)16(22)21-11-18(12-21)10-20(4)15(9-24-18)17(23)19(2)3/h5-8,15H,9-12H2,1-4H3/t15-/m0/s1. The second kappa shape index (κ2) is 6.18. The van der Waals surface area contributed by atoms with Gasteiger partial charge >= 0.3 is 0 Å². The summed E-state index contributed by atoms with van der Waals surface area (Å²) in [6, 6.07) is 7.40. The van der Waals surface area contributed by atoms with E-state index in [0.29, 0.717) is 26.2 Å². The van der Waals surface area contributed by atoms with Crippen LogP contribution in [0.25, 0.3) is 0 Å². The van der Waals surface area contributed by atoms with E-state index in [-0.39, 0.29) is 23.5 Å². The molecule has 0 N–H and O–H groups in total. The number of morpholine rings is 1. The van der Waals surface area contributed by atoms with Gasteiger partial charge in [0.25, 0.3) is 5.91 Å². The molecule has 0 aromatic heterocycles. The molecule has 24 heavy (non-hydrogen) atoms. The summed E-state index contributed by atoms with van der Waals surface area (Å²) >= 11 is 0. The molecular weight excluding hydrogens is 306 g/mol. The molecule has 1 atom stereocenters. The number of ether oxygens (including phenoxy) is 1.